The van der Waals surface area contributed by atoms with Gasteiger partial charge in [-0.25, -0.2) is 9.38 Å². The van der Waals surface area contributed by atoms with Gasteiger partial charge >= 0.3 is 0 Å². The normalized spacial score (nSPS) is 15.7. The molecule has 1 amide bonds. The molecule has 0 radical (unpaired) electrons. The Morgan fingerprint density at radius 1 is 0.852 bits per heavy atom. The lowest BCUT2D eigenvalue weighted by Crippen LogP contribution is -2.43. The highest BCUT2D eigenvalue weighted by Crippen LogP contribution is 2.39. The summed E-state index contributed by atoms with van der Waals surface area (Å²) in [4.78, 5) is 19.5. The lowest BCUT2D eigenvalue weighted by molar-refractivity contribution is -0.130. The van der Waals surface area contributed by atoms with Crippen LogP contribution in [0, 0.1) is 5.82 Å². The van der Waals surface area contributed by atoms with Crippen LogP contribution in [0.1, 0.15) is 16.7 Å². The number of benzene rings is 3. The second-order valence-electron chi connectivity index (χ2n) is 6.40. The molecule has 0 fully saturated rings. The van der Waals surface area contributed by atoms with E-state index in [1.54, 1.807) is 18.2 Å². The molecule has 1 aliphatic heterocycles. The second kappa shape index (κ2) is 6.68. The topological polar surface area (TPSA) is 58.7 Å². The number of nitrogens with two attached hydrogens (primary N) is 1. The first kappa shape index (κ1) is 17.0. The van der Waals surface area contributed by atoms with Gasteiger partial charge in [0.25, 0.3) is 5.91 Å². The van der Waals surface area contributed by atoms with E-state index >= 15 is 0 Å². The summed E-state index contributed by atoms with van der Waals surface area (Å²) in [6, 6.07) is 25.0. The molecule has 2 N–H and O–H groups in total. The Morgan fingerprint density at radius 2 is 1.37 bits per heavy atom. The summed E-state index contributed by atoms with van der Waals surface area (Å²) in [7, 11) is 0. The summed E-state index contributed by atoms with van der Waals surface area (Å²) in [5.41, 5.74) is 6.72. The first-order chi connectivity index (χ1) is 13.1. The average molecular weight is 359 g/mol. The van der Waals surface area contributed by atoms with Crippen LogP contribution in [-0.4, -0.2) is 16.8 Å². The van der Waals surface area contributed by atoms with E-state index in [9.17, 15) is 9.18 Å². The van der Waals surface area contributed by atoms with Crippen molar-refractivity contribution in [3.63, 3.8) is 0 Å². The molecule has 0 aliphatic carbocycles. The summed E-state index contributed by atoms with van der Waals surface area (Å²) in [5, 5.41) is 0. The van der Waals surface area contributed by atoms with Crippen molar-refractivity contribution in [2.24, 2.45) is 10.7 Å². The molecule has 27 heavy (non-hydrogen) atoms. The highest BCUT2D eigenvalue weighted by atomic mass is 19.1. The number of aliphatic imine (C=N–C) groups is 1. The SMILES string of the molecule is NC1=NC(c2ccccc2)(c2ccccc2)C(=O)N1Cc1ccccc1F. The smallest absolute Gasteiger partial charge is 0.266 e. The van der Waals surface area contributed by atoms with E-state index in [0.29, 0.717) is 5.56 Å². The predicted molar refractivity (Wildman–Crippen MR) is 102 cm³/mol. The van der Waals surface area contributed by atoms with Crippen LogP contribution in [0.5, 0.6) is 0 Å². The molecule has 0 atom stereocenters. The molecule has 3 aromatic rings. The summed E-state index contributed by atoms with van der Waals surface area (Å²) in [6.07, 6.45) is 0. The van der Waals surface area contributed by atoms with Crippen molar-refractivity contribution in [2.45, 2.75) is 12.1 Å². The van der Waals surface area contributed by atoms with Crippen LogP contribution >= 0.6 is 0 Å². The number of carbonyl (C=O) groups is 1. The Kier molecular flexibility index (Phi) is 4.20. The minimum Gasteiger partial charge on any atom is -0.369 e. The van der Waals surface area contributed by atoms with Crippen molar-refractivity contribution < 1.29 is 9.18 Å². The van der Waals surface area contributed by atoms with Gasteiger partial charge in [-0.1, -0.05) is 78.9 Å². The quantitative estimate of drug-likeness (QED) is 0.776. The van der Waals surface area contributed by atoms with E-state index in [0.717, 1.165) is 11.1 Å². The molecule has 0 saturated carbocycles. The second-order valence-corrected chi connectivity index (χ2v) is 6.40. The zero-order valence-electron chi connectivity index (χ0n) is 14.5. The number of hydrogen-bond donors (Lipinski definition) is 1. The summed E-state index contributed by atoms with van der Waals surface area (Å²) >= 11 is 0. The molecule has 0 unspecified atom stereocenters. The third-order valence-electron chi connectivity index (χ3n) is 4.78. The molecule has 1 heterocycles. The minimum atomic E-state index is -1.27. The zero-order chi connectivity index (χ0) is 18.9. The monoisotopic (exact) mass is 359 g/mol. The molecule has 0 bridgehead atoms. The number of carbonyl (C=O) groups excluding carboxylic acids is 1. The fourth-order valence-corrected chi connectivity index (χ4v) is 3.43. The lowest BCUT2D eigenvalue weighted by Gasteiger charge is -2.27. The van der Waals surface area contributed by atoms with Gasteiger partial charge in [-0.05, 0) is 17.2 Å². The van der Waals surface area contributed by atoms with Gasteiger partial charge in [-0.2, -0.15) is 0 Å². The Morgan fingerprint density at radius 3 is 1.93 bits per heavy atom. The highest BCUT2D eigenvalue weighted by molar-refractivity contribution is 6.09. The minimum absolute atomic E-state index is 0.0300. The number of amides is 1. The molecular formula is C22H18FN3O. The van der Waals surface area contributed by atoms with E-state index in [-0.39, 0.29) is 24.2 Å². The Balaban J connectivity index is 1.82. The van der Waals surface area contributed by atoms with E-state index in [1.165, 1.54) is 11.0 Å². The molecule has 0 aromatic heterocycles. The fourth-order valence-electron chi connectivity index (χ4n) is 3.43. The van der Waals surface area contributed by atoms with Gasteiger partial charge in [0.15, 0.2) is 11.5 Å². The van der Waals surface area contributed by atoms with Crippen LogP contribution in [0.25, 0.3) is 0 Å². The third kappa shape index (κ3) is 2.77. The standard InChI is InChI=1S/C22H18FN3O/c23-19-14-8-7-9-16(19)15-26-20(27)22(25-21(26)24,17-10-3-1-4-11-17)18-12-5-2-6-13-18/h1-14H,15H2,(H2,24,25). The van der Waals surface area contributed by atoms with E-state index in [2.05, 4.69) is 4.99 Å². The molecular weight excluding hydrogens is 341 g/mol. The van der Waals surface area contributed by atoms with Crippen molar-refractivity contribution in [3.05, 3.63) is 107 Å². The largest absolute Gasteiger partial charge is 0.369 e. The summed E-state index contributed by atoms with van der Waals surface area (Å²) in [6.45, 7) is 0.0300. The molecule has 5 heteroatoms. The molecule has 134 valence electrons. The number of nitrogens with zero attached hydrogens (tertiary/aromatic N) is 2. The maximum atomic E-state index is 14.1. The third-order valence-corrected chi connectivity index (χ3v) is 4.78. The van der Waals surface area contributed by atoms with Crippen molar-refractivity contribution in [1.82, 2.24) is 4.90 Å². The van der Waals surface area contributed by atoms with E-state index in [4.69, 9.17) is 5.73 Å². The first-order valence-corrected chi connectivity index (χ1v) is 8.64. The van der Waals surface area contributed by atoms with Crippen LogP contribution in [0.15, 0.2) is 89.9 Å². The van der Waals surface area contributed by atoms with Crippen LogP contribution in [0.2, 0.25) is 0 Å². The van der Waals surface area contributed by atoms with Gasteiger partial charge in [0, 0.05) is 5.56 Å². The van der Waals surface area contributed by atoms with Crippen molar-refractivity contribution in [3.8, 4) is 0 Å². The fraction of sp³-hybridized carbons (Fsp3) is 0.0909. The van der Waals surface area contributed by atoms with Gasteiger partial charge in [0.1, 0.15) is 5.82 Å². The van der Waals surface area contributed by atoms with E-state index in [1.807, 2.05) is 60.7 Å². The van der Waals surface area contributed by atoms with Crippen LogP contribution in [0.4, 0.5) is 4.39 Å². The maximum absolute atomic E-state index is 14.1. The van der Waals surface area contributed by atoms with E-state index < -0.39 is 5.54 Å². The Hall–Kier alpha value is -3.47. The highest BCUT2D eigenvalue weighted by Gasteiger charge is 2.50. The maximum Gasteiger partial charge on any atom is 0.266 e. The van der Waals surface area contributed by atoms with Crippen LogP contribution in [-0.2, 0) is 16.9 Å². The van der Waals surface area contributed by atoms with Gasteiger partial charge in [0.05, 0.1) is 6.54 Å². The molecule has 4 rings (SSSR count). The Bertz CT molecular complexity index is 963. The van der Waals surface area contributed by atoms with Crippen LogP contribution < -0.4 is 5.73 Å². The first-order valence-electron chi connectivity index (χ1n) is 8.64. The lowest BCUT2D eigenvalue weighted by atomic mass is 9.83. The Labute approximate surface area is 156 Å². The van der Waals surface area contributed by atoms with Gasteiger partial charge in [-0.3, -0.25) is 9.69 Å². The number of hydrogen-bond acceptors (Lipinski definition) is 3. The predicted octanol–water partition coefficient (Wildman–Crippen LogP) is 3.43. The van der Waals surface area contributed by atoms with Crippen molar-refractivity contribution >= 4 is 11.9 Å². The number of rotatable bonds is 4. The zero-order valence-corrected chi connectivity index (χ0v) is 14.5. The molecule has 0 spiro atoms. The molecule has 0 saturated heterocycles. The van der Waals surface area contributed by atoms with Crippen LogP contribution in [0.3, 0.4) is 0 Å². The van der Waals surface area contributed by atoms with Crippen molar-refractivity contribution in [2.75, 3.05) is 0 Å². The summed E-state index contributed by atoms with van der Waals surface area (Å²) in [5.74, 6) is -0.591. The average Bonchev–Trinajstić information content (AvgIpc) is 2.96. The van der Waals surface area contributed by atoms with Gasteiger partial charge in [0.2, 0.25) is 0 Å². The van der Waals surface area contributed by atoms with Gasteiger partial charge in [-0.15, -0.1) is 0 Å². The molecule has 3 aromatic carbocycles. The molecule has 1 aliphatic rings. The molecule has 4 nitrogen and oxygen atoms in total. The summed E-state index contributed by atoms with van der Waals surface area (Å²) < 4.78 is 14.1. The number of guanidine groups is 1. The number of halogens is 1. The van der Waals surface area contributed by atoms with Gasteiger partial charge < -0.3 is 5.73 Å². The van der Waals surface area contributed by atoms with Crippen molar-refractivity contribution in [1.29, 1.82) is 0 Å².